The second-order valence-electron chi connectivity index (χ2n) is 8.26. The Hall–Kier alpha value is -1.96. The van der Waals surface area contributed by atoms with E-state index in [2.05, 4.69) is 21.9 Å². The topological polar surface area (TPSA) is 71.1 Å². The van der Waals surface area contributed by atoms with E-state index in [0.717, 1.165) is 21.6 Å². The molecule has 5 nitrogen and oxygen atoms in total. The van der Waals surface area contributed by atoms with Gasteiger partial charge in [0.05, 0.1) is 5.69 Å². The molecule has 1 unspecified atom stereocenters. The van der Waals surface area contributed by atoms with Gasteiger partial charge >= 0.3 is 0 Å². The van der Waals surface area contributed by atoms with Gasteiger partial charge in [-0.2, -0.15) is 0 Å². The average Bonchev–Trinajstić information content (AvgIpc) is 3.19. The number of nitrogens with zero attached hydrogens (tertiary/aromatic N) is 1. The minimum Gasteiger partial charge on any atom is -0.310 e. The van der Waals surface area contributed by atoms with Crippen LogP contribution in [0.25, 0.3) is 10.1 Å². The summed E-state index contributed by atoms with van der Waals surface area (Å²) in [6, 6.07) is 11.6. The standard InChI is InChI=1S/C23H29N3O2S2/c1-17(13-18-7-3-2-4-8-18)25-16-20-15-24-12-11-21(20)26-30(27,28)23-14-19-9-5-6-10-22(19)29-23/h5-6,9-12,14-15,17-18,25H,2-4,7-8,13,16H2,1H3,(H,24,26). The molecule has 30 heavy (non-hydrogen) atoms. The Balaban J connectivity index is 1.43. The van der Waals surface area contributed by atoms with Crippen molar-refractivity contribution in [1.82, 2.24) is 10.3 Å². The zero-order valence-corrected chi connectivity index (χ0v) is 18.9. The van der Waals surface area contributed by atoms with Gasteiger partial charge in [-0.25, -0.2) is 8.42 Å². The van der Waals surface area contributed by atoms with Gasteiger partial charge in [0.25, 0.3) is 10.0 Å². The minimum atomic E-state index is -3.65. The van der Waals surface area contributed by atoms with Crippen molar-refractivity contribution in [3.8, 4) is 0 Å². The zero-order chi connectivity index (χ0) is 21.0. The average molecular weight is 444 g/mol. The van der Waals surface area contributed by atoms with Gasteiger partial charge in [0.2, 0.25) is 0 Å². The Morgan fingerprint density at radius 1 is 1.17 bits per heavy atom. The van der Waals surface area contributed by atoms with Crippen LogP contribution >= 0.6 is 11.3 Å². The lowest BCUT2D eigenvalue weighted by Gasteiger charge is -2.25. The molecule has 160 valence electrons. The van der Waals surface area contributed by atoms with E-state index >= 15 is 0 Å². The number of hydrogen-bond donors (Lipinski definition) is 2. The molecule has 1 aromatic carbocycles. The van der Waals surface area contributed by atoms with Crippen molar-refractivity contribution in [3.63, 3.8) is 0 Å². The highest BCUT2D eigenvalue weighted by Gasteiger charge is 2.20. The molecule has 0 amide bonds. The Morgan fingerprint density at radius 3 is 2.77 bits per heavy atom. The number of aromatic nitrogens is 1. The third-order valence-corrected chi connectivity index (χ3v) is 8.82. The number of anilines is 1. The quantitative estimate of drug-likeness (QED) is 0.479. The first-order valence-corrected chi connectivity index (χ1v) is 13.0. The van der Waals surface area contributed by atoms with Crippen LogP contribution in [-0.2, 0) is 16.6 Å². The molecule has 0 bridgehead atoms. The van der Waals surface area contributed by atoms with Crippen molar-refractivity contribution in [2.24, 2.45) is 5.92 Å². The Bertz CT molecular complexity index is 1060. The third-order valence-electron chi connectivity index (χ3n) is 5.87. The predicted octanol–water partition coefficient (Wildman–Crippen LogP) is 5.55. The van der Waals surface area contributed by atoms with Gasteiger partial charge in [0, 0.05) is 35.2 Å². The number of sulfonamides is 1. The van der Waals surface area contributed by atoms with E-state index in [1.165, 1.54) is 49.9 Å². The van der Waals surface area contributed by atoms with E-state index < -0.39 is 10.0 Å². The largest absolute Gasteiger partial charge is 0.310 e. The molecular formula is C23H29N3O2S2. The number of benzene rings is 1. The van der Waals surface area contributed by atoms with Crippen molar-refractivity contribution >= 4 is 37.1 Å². The molecular weight excluding hydrogens is 414 g/mol. The number of fused-ring (bicyclic) bond motifs is 1. The van der Waals surface area contributed by atoms with Crippen LogP contribution in [0.15, 0.2) is 53.0 Å². The van der Waals surface area contributed by atoms with Gasteiger partial charge in [-0.3, -0.25) is 9.71 Å². The number of thiophene rings is 1. The molecule has 0 saturated heterocycles. The van der Waals surface area contributed by atoms with E-state index in [0.29, 0.717) is 22.5 Å². The molecule has 0 aliphatic heterocycles. The molecule has 3 aromatic rings. The molecule has 1 saturated carbocycles. The van der Waals surface area contributed by atoms with Crippen molar-refractivity contribution in [1.29, 1.82) is 0 Å². The van der Waals surface area contributed by atoms with Crippen LogP contribution in [0.1, 0.15) is 51.0 Å². The fourth-order valence-corrected chi connectivity index (χ4v) is 6.74. The summed E-state index contributed by atoms with van der Waals surface area (Å²) in [5, 5.41) is 4.50. The summed E-state index contributed by atoms with van der Waals surface area (Å²) in [5.41, 5.74) is 1.44. The van der Waals surface area contributed by atoms with Crippen LogP contribution in [0.5, 0.6) is 0 Å². The first kappa shape index (κ1) is 21.3. The van der Waals surface area contributed by atoms with Crippen LogP contribution in [0.2, 0.25) is 0 Å². The summed E-state index contributed by atoms with van der Waals surface area (Å²) in [5.74, 6) is 0.807. The normalized spacial score (nSPS) is 16.6. The highest BCUT2D eigenvalue weighted by Crippen LogP contribution is 2.31. The fourth-order valence-electron chi connectivity index (χ4n) is 4.24. The molecule has 0 radical (unpaired) electrons. The molecule has 1 fully saturated rings. The van der Waals surface area contributed by atoms with Crippen LogP contribution in [0, 0.1) is 5.92 Å². The monoisotopic (exact) mass is 443 g/mol. The van der Waals surface area contributed by atoms with Crippen molar-refractivity contribution in [3.05, 3.63) is 54.4 Å². The van der Waals surface area contributed by atoms with E-state index in [1.54, 1.807) is 24.5 Å². The molecule has 2 heterocycles. The smallest absolute Gasteiger partial charge is 0.271 e. The zero-order valence-electron chi connectivity index (χ0n) is 17.3. The third kappa shape index (κ3) is 5.20. The number of nitrogens with one attached hydrogen (secondary N) is 2. The van der Waals surface area contributed by atoms with E-state index in [4.69, 9.17) is 0 Å². The van der Waals surface area contributed by atoms with Crippen LogP contribution in [-0.4, -0.2) is 19.4 Å². The van der Waals surface area contributed by atoms with Crippen LogP contribution in [0.4, 0.5) is 5.69 Å². The maximum absolute atomic E-state index is 13.0. The molecule has 7 heteroatoms. The first-order chi connectivity index (χ1) is 14.5. The second kappa shape index (κ2) is 9.45. The number of pyridine rings is 1. The van der Waals surface area contributed by atoms with Gasteiger partial charge in [-0.05, 0) is 42.8 Å². The van der Waals surface area contributed by atoms with Gasteiger partial charge in [-0.1, -0.05) is 50.3 Å². The lowest BCUT2D eigenvalue weighted by atomic mass is 9.85. The molecule has 1 aliphatic rings. The van der Waals surface area contributed by atoms with Crippen molar-refractivity contribution < 1.29 is 8.42 Å². The van der Waals surface area contributed by atoms with Gasteiger partial charge < -0.3 is 5.32 Å². The predicted molar refractivity (Wildman–Crippen MR) is 124 cm³/mol. The summed E-state index contributed by atoms with van der Waals surface area (Å²) >= 11 is 1.29. The molecule has 1 atom stereocenters. The van der Waals surface area contributed by atoms with Gasteiger partial charge in [0.1, 0.15) is 4.21 Å². The van der Waals surface area contributed by atoms with Crippen molar-refractivity contribution in [2.75, 3.05) is 4.72 Å². The maximum Gasteiger partial charge on any atom is 0.271 e. The maximum atomic E-state index is 13.0. The fraction of sp³-hybridized carbons (Fsp3) is 0.435. The number of rotatable bonds is 8. The lowest BCUT2D eigenvalue weighted by molar-refractivity contribution is 0.304. The summed E-state index contributed by atoms with van der Waals surface area (Å²) in [6.07, 6.45) is 11.3. The summed E-state index contributed by atoms with van der Waals surface area (Å²) in [7, 11) is -3.65. The highest BCUT2D eigenvalue weighted by molar-refractivity contribution is 7.94. The van der Waals surface area contributed by atoms with Gasteiger partial charge in [0.15, 0.2) is 0 Å². The molecule has 2 N–H and O–H groups in total. The molecule has 2 aromatic heterocycles. The summed E-state index contributed by atoms with van der Waals surface area (Å²) in [6.45, 7) is 2.80. The van der Waals surface area contributed by atoms with E-state index in [1.807, 2.05) is 24.3 Å². The van der Waals surface area contributed by atoms with Crippen LogP contribution < -0.4 is 10.0 Å². The molecule has 4 rings (SSSR count). The van der Waals surface area contributed by atoms with E-state index in [9.17, 15) is 8.42 Å². The Kier molecular flexibility index (Phi) is 6.71. The Labute approximate surface area is 183 Å². The first-order valence-electron chi connectivity index (χ1n) is 10.7. The molecule has 0 spiro atoms. The Morgan fingerprint density at radius 2 is 1.97 bits per heavy atom. The lowest BCUT2D eigenvalue weighted by Crippen LogP contribution is -2.29. The highest BCUT2D eigenvalue weighted by atomic mass is 32.2. The summed E-state index contributed by atoms with van der Waals surface area (Å²) in [4.78, 5) is 4.20. The van der Waals surface area contributed by atoms with Crippen LogP contribution in [0.3, 0.4) is 0 Å². The molecule has 1 aliphatic carbocycles. The SMILES string of the molecule is CC(CC1CCCCC1)NCc1cnccc1NS(=O)(=O)c1cc2ccccc2s1. The summed E-state index contributed by atoms with van der Waals surface area (Å²) < 4.78 is 30.0. The van der Waals surface area contributed by atoms with Gasteiger partial charge in [-0.15, -0.1) is 11.3 Å². The number of hydrogen-bond acceptors (Lipinski definition) is 5. The van der Waals surface area contributed by atoms with E-state index in [-0.39, 0.29) is 0 Å². The second-order valence-corrected chi connectivity index (χ2v) is 11.3. The minimum absolute atomic E-state index is 0.324. The van der Waals surface area contributed by atoms with Crippen molar-refractivity contribution in [2.45, 2.75) is 62.2 Å².